The predicted molar refractivity (Wildman–Crippen MR) is 52.8 cm³/mol. The van der Waals surface area contributed by atoms with E-state index in [2.05, 4.69) is 11.1 Å². The van der Waals surface area contributed by atoms with Crippen molar-refractivity contribution < 1.29 is 24.8 Å². The Labute approximate surface area is 102 Å². The van der Waals surface area contributed by atoms with Gasteiger partial charge in [-0.3, -0.25) is 0 Å². The van der Waals surface area contributed by atoms with E-state index in [1.54, 1.807) is 6.20 Å². The molecule has 0 saturated carbocycles. The predicted octanol–water partition coefficient (Wildman–Crippen LogP) is 2.44. The van der Waals surface area contributed by atoms with Gasteiger partial charge in [-0.05, 0) is 12.1 Å². The van der Waals surface area contributed by atoms with Crippen LogP contribution in [0.25, 0.3) is 11.3 Å². The summed E-state index contributed by atoms with van der Waals surface area (Å²) in [6.45, 7) is 0.616. The molecule has 1 radical (unpaired) electrons. The monoisotopic (exact) mass is 375 g/mol. The zero-order chi connectivity index (χ0) is 9.38. The Kier molecular flexibility index (Phi) is 2.85. The second-order valence-corrected chi connectivity index (χ2v) is 3.21. The van der Waals surface area contributed by atoms with Gasteiger partial charge in [-0.2, -0.15) is 0 Å². The van der Waals surface area contributed by atoms with Crippen molar-refractivity contribution >= 4 is 0 Å². The molecule has 0 N–H and O–H groups in total. The summed E-state index contributed by atoms with van der Waals surface area (Å²) in [5.41, 5.74) is 3.11. The zero-order valence-electron chi connectivity index (χ0n) is 7.86. The van der Waals surface area contributed by atoms with E-state index >= 15 is 0 Å². The minimum Gasteiger partial charge on any atom is -0.506 e. The fourth-order valence-electron chi connectivity index (χ4n) is 1.66. The van der Waals surface area contributed by atoms with E-state index in [9.17, 15) is 0 Å². The van der Waals surface area contributed by atoms with Crippen LogP contribution >= 0.6 is 0 Å². The van der Waals surface area contributed by atoms with Gasteiger partial charge < -0.3 is 9.72 Å². The molecule has 3 heteroatoms. The Morgan fingerprint density at radius 3 is 3.13 bits per heavy atom. The van der Waals surface area contributed by atoms with Crippen LogP contribution < -0.4 is 4.74 Å². The second kappa shape index (κ2) is 4.13. The number of fused-ring (bicyclic) bond motifs is 3. The van der Waals surface area contributed by atoms with Crippen LogP contribution in [0.5, 0.6) is 5.75 Å². The fourth-order valence-corrected chi connectivity index (χ4v) is 1.66. The summed E-state index contributed by atoms with van der Waals surface area (Å²) in [7, 11) is 0. The molecule has 1 aromatic carbocycles. The molecule has 1 aliphatic rings. The van der Waals surface area contributed by atoms with Gasteiger partial charge in [0.15, 0.2) is 0 Å². The van der Waals surface area contributed by atoms with Gasteiger partial charge >= 0.3 is 0 Å². The normalized spacial score (nSPS) is 11.7. The van der Waals surface area contributed by atoms with Crippen LogP contribution in [0.4, 0.5) is 0 Å². The van der Waals surface area contributed by atoms with Crippen LogP contribution in [0.2, 0.25) is 0 Å². The van der Waals surface area contributed by atoms with Crippen LogP contribution in [0.1, 0.15) is 5.56 Å². The summed E-state index contributed by atoms with van der Waals surface area (Å²) in [5.74, 6) is 0.849. The third-order valence-electron chi connectivity index (χ3n) is 2.33. The molecule has 0 bridgehead atoms. The quantitative estimate of drug-likeness (QED) is 0.661. The summed E-state index contributed by atoms with van der Waals surface area (Å²) < 4.78 is 5.57. The van der Waals surface area contributed by atoms with E-state index in [1.165, 1.54) is 0 Å². The van der Waals surface area contributed by atoms with Crippen molar-refractivity contribution in [1.82, 2.24) is 4.98 Å². The van der Waals surface area contributed by atoms with Gasteiger partial charge in [0.25, 0.3) is 0 Å². The Hall–Kier alpha value is -1.18. The van der Waals surface area contributed by atoms with Gasteiger partial charge in [0.2, 0.25) is 0 Å². The summed E-state index contributed by atoms with van der Waals surface area (Å²) in [6, 6.07) is 12.9. The molecular weight excluding hydrogens is 366 g/mol. The van der Waals surface area contributed by atoms with Gasteiger partial charge in [-0.15, -0.1) is 29.8 Å². The van der Waals surface area contributed by atoms with Crippen molar-refractivity contribution in [1.29, 1.82) is 0 Å². The number of aromatic nitrogens is 1. The first-order valence-electron chi connectivity index (χ1n) is 4.53. The Bertz CT molecular complexity index is 439. The maximum atomic E-state index is 5.57. The molecule has 0 aliphatic carbocycles. The molecule has 0 unspecified atom stereocenters. The Morgan fingerprint density at radius 2 is 2.20 bits per heavy atom. The summed E-state index contributed by atoms with van der Waals surface area (Å²) in [5, 5.41) is 0. The van der Waals surface area contributed by atoms with Gasteiger partial charge in [0.05, 0.1) is 6.61 Å². The largest absolute Gasteiger partial charge is 0.506 e. The number of pyridine rings is 1. The summed E-state index contributed by atoms with van der Waals surface area (Å²) in [4.78, 5) is 4.30. The molecule has 2 nitrogen and oxygen atoms in total. The molecule has 0 fully saturated rings. The number of hydrogen-bond acceptors (Lipinski definition) is 2. The first-order valence-corrected chi connectivity index (χ1v) is 4.53. The number of hydrogen-bond donors (Lipinski definition) is 0. The Morgan fingerprint density at radius 1 is 1.27 bits per heavy atom. The molecule has 0 amide bonds. The molecule has 2 aromatic rings. The molecule has 1 aromatic heterocycles. The third kappa shape index (κ3) is 1.69. The first-order chi connectivity index (χ1) is 6.95. The summed E-state index contributed by atoms with van der Waals surface area (Å²) in [6.07, 6.45) is 1.78. The first kappa shape index (κ1) is 10.3. The molecule has 1 aliphatic heterocycles. The number of nitrogens with zero attached hydrogens (tertiary/aromatic N) is 1. The van der Waals surface area contributed by atoms with Crippen molar-refractivity contribution in [2.24, 2.45) is 0 Å². The Balaban J connectivity index is 0.000000853. The molecule has 77 valence electrons. The average Bonchev–Trinajstić information content (AvgIpc) is 2.29. The molecular formula is C12H8IrNO-. The van der Waals surface area contributed by atoms with Crippen LogP contribution in [0.3, 0.4) is 0 Å². The van der Waals surface area contributed by atoms with Gasteiger partial charge in [-0.1, -0.05) is 5.56 Å². The maximum Gasteiger partial charge on any atom is 0.103 e. The van der Waals surface area contributed by atoms with E-state index in [0.717, 1.165) is 22.6 Å². The van der Waals surface area contributed by atoms with Gasteiger partial charge in [0, 0.05) is 32.0 Å². The number of benzene rings is 1. The van der Waals surface area contributed by atoms with Gasteiger partial charge in [-0.25, -0.2) is 0 Å². The van der Waals surface area contributed by atoms with E-state index in [1.807, 2.05) is 30.3 Å². The van der Waals surface area contributed by atoms with E-state index in [-0.39, 0.29) is 20.1 Å². The molecule has 0 saturated heterocycles. The minimum absolute atomic E-state index is 0. The average molecular weight is 374 g/mol. The van der Waals surface area contributed by atoms with E-state index < -0.39 is 0 Å². The molecule has 15 heavy (non-hydrogen) atoms. The molecule has 0 spiro atoms. The zero-order valence-corrected chi connectivity index (χ0v) is 10.3. The van der Waals surface area contributed by atoms with Crippen molar-refractivity contribution in [2.75, 3.05) is 0 Å². The van der Waals surface area contributed by atoms with Crippen LogP contribution in [-0.2, 0) is 26.7 Å². The van der Waals surface area contributed by atoms with E-state index in [4.69, 9.17) is 4.74 Å². The van der Waals surface area contributed by atoms with Crippen LogP contribution in [0, 0.1) is 6.07 Å². The van der Waals surface area contributed by atoms with Crippen LogP contribution in [-0.4, -0.2) is 4.98 Å². The SMILES string of the molecule is [Ir].[c-]1cccc2c1-c1ncccc1OC2. The second-order valence-electron chi connectivity index (χ2n) is 3.21. The van der Waals surface area contributed by atoms with Crippen molar-refractivity contribution in [2.45, 2.75) is 6.61 Å². The van der Waals surface area contributed by atoms with Crippen LogP contribution in [0.15, 0.2) is 36.5 Å². The maximum absolute atomic E-state index is 5.57. The minimum atomic E-state index is 0. The van der Waals surface area contributed by atoms with E-state index in [0.29, 0.717) is 6.61 Å². The molecule has 3 rings (SSSR count). The third-order valence-corrected chi connectivity index (χ3v) is 2.33. The molecule has 2 heterocycles. The smallest absolute Gasteiger partial charge is 0.103 e. The summed E-state index contributed by atoms with van der Waals surface area (Å²) >= 11 is 0. The van der Waals surface area contributed by atoms with Crippen molar-refractivity contribution in [3.05, 3.63) is 48.2 Å². The van der Waals surface area contributed by atoms with Crippen molar-refractivity contribution in [3.63, 3.8) is 0 Å². The number of ether oxygens (including phenoxy) is 1. The van der Waals surface area contributed by atoms with Crippen molar-refractivity contribution in [3.8, 4) is 17.0 Å². The molecule has 0 atom stereocenters. The topological polar surface area (TPSA) is 22.1 Å². The fraction of sp³-hybridized carbons (Fsp3) is 0.0833. The standard InChI is InChI=1S/C12H8NO.Ir/c1-2-5-10-9(4-1)8-14-11-6-3-7-13-12(10)11;/h1-4,6-7H,8H2;/q-1;. The number of rotatable bonds is 0. The van der Waals surface area contributed by atoms with Gasteiger partial charge in [0.1, 0.15) is 5.75 Å².